The summed E-state index contributed by atoms with van der Waals surface area (Å²) in [5.41, 5.74) is 8.78. The number of anilines is 2. The summed E-state index contributed by atoms with van der Waals surface area (Å²) in [6, 6.07) is 1.68. The zero-order chi connectivity index (χ0) is 14.0. The van der Waals surface area contributed by atoms with E-state index in [1.807, 2.05) is 18.4 Å². The number of carbonyl (C=O) groups is 1. The van der Waals surface area contributed by atoms with Crippen LogP contribution in [0.1, 0.15) is 35.1 Å². The minimum absolute atomic E-state index is 0.195. The molecule has 2 heterocycles. The van der Waals surface area contributed by atoms with E-state index in [0.29, 0.717) is 17.2 Å². The van der Waals surface area contributed by atoms with Crippen LogP contribution in [-0.2, 0) is 6.54 Å². The summed E-state index contributed by atoms with van der Waals surface area (Å²) >= 11 is 0. The molecule has 0 aromatic carbocycles. The molecule has 0 saturated heterocycles. The van der Waals surface area contributed by atoms with Crippen LogP contribution < -0.4 is 11.1 Å². The van der Waals surface area contributed by atoms with Crippen molar-refractivity contribution in [1.82, 2.24) is 14.8 Å². The summed E-state index contributed by atoms with van der Waals surface area (Å²) in [6.45, 7) is 6.64. The molecule has 0 aliphatic heterocycles. The molecule has 2 aromatic heterocycles. The maximum atomic E-state index is 12.2. The highest BCUT2D eigenvalue weighted by molar-refractivity contribution is 6.03. The Kier molecular flexibility index (Phi) is 3.59. The topological polar surface area (TPSA) is 88.7 Å². The van der Waals surface area contributed by atoms with E-state index in [9.17, 15) is 4.79 Å². The van der Waals surface area contributed by atoms with Gasteiger partial charge in [0.1, 0.15) is 5.69 Å². The number of nitrogens with zero attached hydrogens (tertiary/aromatic N) is 2. The summed E-state index contributed by atoms with van der Waals surface area (Å²) in [7, 11) is 0. The zero-order valence-electron chi connectivity index (χ0n) is 11.4. The lowest BCUT2D eigenvalue weighted by Gasteiger charge is -2.07. The van der Waals surface area contributed by atoms with Crippen LogP contribution in [-0.4, -0.2) is 20.7 Å². The monoisotopic (exact) mass is 261 g/mol. The first-order valence-electron chi connectivity index (χ1n) is 6.31. The minimum Gasteiger partial charge on any atom is -0.397 e. The van der Waals surface area contributed by atoms with E-state index >= 15 is 0 Å². The van der Waals surface area contributed by atoms with Crippen LogP contribution in [0.2, 0.25) is 0 Å². The number of nitrogen functional groups attached to an aromatic ring is 1. The minimum atomic E-state index is -0.195. The molecule has 1 amide bonds. The zero-order valence-corrected chi connectivity index (χ0v) is 11.4. The van der Waals surface area contributed by atoms with Gasteiger partial charge < -0.3 is 15.6 Å². The Balaban J connectivity index is 2.22. The van der Waals surface area contributed by atoms with E-state index in [4.69, 9.17) is 5.73 Å². The van der Waals surface area contributed by atoms with E-state index < -0.39 is 0 Å². The normalized spacial score (nSPS) is 10.7. The summed E-state index contributed by atoms with van der Waals surface area (Å²) in [4.78, 5) is 12.2. The lowest BCUT2D eigenvalue weighted by Crippen LogP contribution is -2.17. The molecule has 0 radical (unpaired) electrons. The number of hydrogen-bond donors (Lipinski definition) is 3. The number of rotatable bonds is 4. The van der Waals surface area contributed by atoms with Crippen LogP contribution in [0.25, 0.3) is 0 Å². The number of H-pyrrole nitrogens is 1. The number of amides is 1. The Bertz CT molecular complexity index is 596. The molecule has 4 N–H and O–H groups in total. The van der Waals surface area contributed by atoms with Crippen molar-refractivity contribution in [2.75, 3.05) is 11.1 Å². The fourth-order valence-electron chi connectivity index (χ4n) is 1.93. The standard InChI is InChI=1S/C13H19N5O/c1-4-5-18-7-10(14)6-11(18)13(19)15-12-8(2)9(3)16-17-12/h6-7H,4-5,14H2,1-3H3,(H2,15,16,17,19). The second-order valence-corrected chi connectivity index (χ2v) is 4.63. The van der Waals surface area contributed by atoms with Crippen molar-refractivity contribution in [3.63, 3.8) is 0 Å². The van der Waals surface area contributed by atoms with Crippen LogP contribution in [0, 0.1) is 13.8 Å². The molecular formula is C13H19N5O. The Hall–Kier alpha value is -2.24. The molecule has 0 saturated carbocycles. The Morgan fingerprint density at radius 3 is 2.84 bits per heavy atom. The first-order chi connectivity index (χ1) is 9.02. The van der Waals surface area contributed by atoms with Gasteiger partial charge in [-0.25, -0.2) is 0 Å². The largest absolute Gasteiger partial charge is 0.397 e. The maximum Gasteiger partial charge on any atom is 0.273 e. The number of nitrogens with two attached hydrogens (primary N) is 1. The van der Waals surface area contributed by atoms with Gasteiger partial charge in [0.2, 0.25) is 0 Å². The molecule has 0 bridgehead atoms. The molecule has 102 valence electrons. The van der Waals surface area contributed by atoms with Gasteiger partial charge in [-0.05, 0) is 26.3 Å². The molecule has 6 nitrogen and oxygen atoms in total. The Morgan fingerprint density at radius 2 is 2.26 bits per heavy atom. The molecule has 2 aromatic rings. The number of hydrogen-bond acceptors (Lipinski definition) is 3. The molecule has 6 heteroatoms. The number of aryl methyl sites for hydroxylation is 2. The summed E-state index contributed by atoms with van der Waals surface area (Å²) in [6.07, 6.45) is 2.72. The lowest BCUT2D eigenvalue weighted by molar-refractivity contribution is 0.101. The lowest BCUT2D eigenvalue weighted by atomic mass is 10.2. The van der Waals surface area contributed by atoms with Crippen molar-refractivity contribution in [1.29, 1.82) is 0 Å². The molecule has 19 heavy (non-hydrogen) atoms. The number of nitrogens with one attached hydrogen (secondary N) is 2. The van der Waals surface area contributed by atoms with Crippen LogP contribution in [0.4, 0.5) is 11.5 Å². The van der Waals surface area contributed by atoms with Gasteiger partial charge in [0, 0.05) is 24.0 Å². The van der Waals surface area contributed by atoms with Crippen molar-refractivity contribution in [2.45, 2.75) is 33.7 Å². The van der Waals surface area contributed by atoms with Gasteiger partial charge in [-0.3, -0.25) is 9.89 Å². The molecular weight excluding hydrogens is 242 g/mol. The third-order valence-corrected chi connectivity index (χ3v) is 3.10. The van der Waals surface area contributed by atoms with E-state index in [1.165, 1.54) is 0 Å². The first-order valence-corrected chi connectivity index (χ1v) is 6.31. The maximum absolute atomic E-state index is 12.2. The molecule has 0 unspecified atom stereocenters. The smallest absolute Gasteiger partial charge is 0.273 e. The second-order valence-electron chi connectivity index (χ2n) is 4.63. The second kappa shape index (κ2) is 5.17. The van der Waals surface area contributed by atoms with Crippen molar-refractivity contribution in [2.24, 2.45) is 0 Å². The van der Waals surface area contributed by atoms with E-state index in [0.717, 1.165) is 24.2 Å². The molecule has 0 aliphatic carbocycles. The molecule has 0 atom stereocenters. The first kappa shape index (κ1) is 13.2. The molecule has 0 aliphatic rings. The number of aromatic amines is 1. The van der Waals surface area contributed by atoms with Crippen LogP contribution in [0.3, 0.4) is 0 Å². The van der Waals surface area contributed by atoms with Crippen LogP contribution in [0.5, 0.6) is 0 Å². The van der Waals surface area contributed by atoms with Gasteiger partial charge in [0.15, 0.2) is 5.82 Å². The van der Waals surface area contributed by atoms with Gasteiger partial charge in [0.05, 0.1) is 5.69 Å². The van der Waals surface area contributed by atoms with Gasteiger partial charge >= 0.3 is 0 Å². The Morgan fingerprint density at radius 1 is 1.53 bits per heavy atom. The van der Waals surface area contributed by atoms with Crippen molar-refractivity contribution in [3.8, 4) is 0 Å². The van der Waals surface area contributed by atoms with E-state index in [-0.39, 0.29) is 5.91 Å². The fraction of sp³-hybridized carbons (Fsp3) is 0.385. The van der Waals surface area contributed by atoms with Gasteiger partial charge in [-0.15, -0.1) is 0 Å². The molecule has 2 rings (SSSR count). The predicted molar refractivity (Wildman–Crippen MR) is 75.2 cm³/mol. The SMILES string of the molecule is CCCn1cc(N)cc1C(=O)Nc1n[nH]c(C)c1C. The summed E-state index contributed by atoms with van der Waals surface area (Å²) in [5.74, 6) is 0.366. The summed E-state index contributed by atoms with van der Waals surface area (Å²) < 4.78 is 1.86. The highest BCUT2D eigenvalue weighted by Gasteiger charge is 2.15. The quantitative estimate of drug-likeness (QED) is 0.787. The highest BCUT2D eigenvalue weighted by Crippen LogP contribution is 2.17. The van der Waals surface area contributed by atoms with E-state index in [1.54, 1.807) is 12.3 Å². The van der Waals surface area contributed by atoms with Gasteiger partial charge in [-0.2, -0.15) is 5.10 Å². The molecule has 0 spiro atoms. The average molecular weight is 261 g/mol. The summed E-state index contributed by atoms with van der Waals surface area (Å²) in [5, 5.41) is 9.71. The third kappa shape index (κ3) is 2.62. The fourth-order valence-corrected chi connectivity index (χ4v) is 1.93. The average Bonchev–Trinajstić information content (AvgIpc) is 2.87. The highest BCUT2D eigenvalue weighted by atomic mass is 16.2. The number of carbonyl (C=O) groups excluding carboxylic acids is 1. The Labute approximate surface area is 112 Å². The molecule has 0 fully saturated rings. The van der Waals surface area contributed by atoms with Gasteiger partial charge in [-0.1, -0.05) is 6.92 Å². The number of aromatic nitrogens is 3. The van der Waals surface area contributed by atoms with E-state index in [2.05, 4.69) is 22.4 Å². The van der Waals surface area contributed by atoms with Crippen LogP contribution >= 0.6 is 0 Å². The van der Waals surface area contributed by atoms with Crippen LogP contribution in [0.15, 0.2) is 12.3 Å². The van der Waals surface area contributed by atoms with Gasteiger partial charge in [0.25, 0.3) is 5.91 Å². The van der Waals surface area contributed by atoms with Crippen molar-refractivity contribution < 1.29 is 4.79 Å². The predicted octanol–water partition coefficient (Wildman–Crippen LogP) is 2.07. The van der Waals surface area contributed by atoms with Crippen molar-refractivity contribution >= 4 is 17.4 Å². The van der Waals surface area contributed by atoms with Crippen molar-refractivity contribution in [3.05, 3.63) is 29.2 Å². The third-order valence-electron chi connectivity index (χ3n) is 3.10.